The molecule has 0 bridgehead atoms. The summed E-state index contributed by atoms with van der Waals surface area (Å²) in [5.74, 6) is -2.60. The highest BCUT2D eigenvalue weighted by atomic mass is 16.6. The molecule has 0 unspecified atom stereocenters. The molecule has 0 aromatic heterocycles. The maximum Gasteiger partial charge on any atom is 0.338 e. The lowest BCUT2D eigenvalue weighted by Gasteiger charge is -2.16. The van der Waals surface area contributed by atoms with Gasteiger partial charge in [-0.1, -0.05) is 0 Å². The third-order valence-corrected chi connectivity index (χ3v) is 3.84. The van der Waals surface area contributed by atoms with Crippen molar-refractivity contribution < 1.29 is 39.1 Å². The topological polar surface area (TPSA) is 179 Å². The fraction of sp³-hybridized carbons (Fsp3) is 0.222. The number of aliphatic hydroxyl groups is 2. The van der Waals surface area contributed by atoms with Crippen LogP contribution in [0.15, 0.2) is 48.5 Å². The molecule has 2 rings (SSSR count). The molecule has 2 aromatic carbocycles. The van der Waals surface area contributed by atoms with Gasteiger partial charge >= 0.3 is 11.9 Å². The lowest BCUT2D eigenvalue weighted by atomic mass is 10.2. The smallest absolute Gasteiger partial charge is 0.338 e. The molecule has 2 N–H and O–H groups in total. The Morgan fingerprint density at radius 2 is 1.03 bits per heavy atom. The van der Waals surface area contributed by atoms with E-state index in [9.17, 15) is 40.0 Å². The Labute approximate surface area is 168 Å². The number of hydrogen-bond donors (Lipinski definition) is 2. The molecule has 0 aliphatic rings. The molecule has 0 amide bonds. The quantitative estimate of drug-likeness (QED) is 0.338. The van der Waals surface area contributed by atoms with Crippen LogP contribution in [0.5, 0.6) is 0 Å². The third kappa shape index (κ3) is 6.05. The number of nitro benzene ring substituents is 2. The Balaban J connectivity index is 1.83. The molecule has 0 heterocycles. The van der Waals surface area contributed by atoms with Crippen molar-refractivity contribution in [3.63, 3.8) is 0 Å². The van der Waals surface area contributed by atoms with E-state index >= 15 is 0 Å². The second kappa shape index (κ2) is 10.0. The summed E-state index contributed by atoms with van der Waals surface area (Å²) < 4.78 is 9.54. The summed E-state index contributed by atoms with van der Waals surface area (Å²) in [6.45, 7) is -0.698. The summed E-state index contributed by atoms with van der Waals surface area (Å²) in [4.78, 5) is 43.6. The first-order valence-electron chi connectivity index (χ1n) is 8.35. The number of benzene rings is 2. The zero-order chi connectivity index (χ0) is 22.3. The zero-order valence-corrected chi connectivity index (χ0v) is 15.2. The van der Waals surface area contributed by atoms with E-state index in [-0.39, 0.29) is 24.6 Å². The van der Waals surface area contributed by atoms with Gasteiger partial charge in [-0.2, -0.15) is 0 Å². The molecule has 2 atom stereocenters. The van der Waals surface area contributed by atoms with Crippen molar-refractivity contribution in [3.8, 4) is 0 Å². The molecule has 0 aliphatic carbocycles. The van der Waals surface area contributed by atoms with Crippen LogP contribution in [0.2, 0.25) is 0 Å². The van der Waals surface area contributed by atoms with E-state index < -0.39 is 34.0 Å². The van der Waals surface area contributed by atoms with Gasteiger partial charge in [-0.05, 0) is 35.4 Å². The molecule has 12 nitrogen and oxygen atoms in total. The highest BCUT2D eigenvalue weighted by Crippen LogP contribution is 2.14. The Hall–Kier alpha value is -3.90. The number of nitrogens with zero attached hydrogens (tertiary/aromatic N) is 2. The molecular weight excluding hydrogens is 404 g/mol. The summed E-state index contributed by atoms with van der Waals surface area (Å²) in [5, 5.41) is 40.7. The van der Waals surface area contributed by atoms with Gasteiger partial charge in [-0.25, -0.2) is 9.59 Å². The first-order valence-corrected chi connectivity index (χ1v) is 8.35. The molecule has 0 saturated carbocycles. The van der Waals surface area contributed by atoms with Crippen LogP contribution in [0.3, 0.4) is 0 Å². The van der Waals surface area contributed by atoms with Crippen LogP contribution in [-0.2, 0) is 32.3 Å². The monoisotopic (exact) mass is 420 g/mol. The standard InChI is InChI=1S/C18H16N2O10/c21-15(17(23)29-9-11-1-5-13(6-2-11)19(25)26)16(22)18(24)30-10-12-3-7-14(8-4-12)20(27)28/h1-8,15-16,21-22H,9-10H2/t15-,16-/m1/s1. The second-order valence-electron chi connectivity index (χ2n) is 5.95. The predicted octanol–water partition coefficient (Wildman–Crippen LogP) is 1.01. The number of non-ortho nitro benzene ring substituents is 2. The van der Waals surface area contributed by atoms with Crippen molar-refractivity contribution in [2.45, 2.75) is 25.4 Å². The van der Waals surface area contributed by atoms with Crippen LogP contribution in [0, 0.1) is 20.2 Å². The zero-order valence-electron chi connectivity index (χ0n) is 15.2. The number of aliphatic hydroxyl groups excluding tert-OH is 2. The van der Waals surface area contributed by atoms with E-state index in [0.717, 1.165) is 0 Å². The number of carbonyl (C=O) groups is 2. The maximum absolute atomic E-state index is 11.8. The summed E-state index contributed by atoms with van der Waals surface area (Å²) in [5.41, 5.74) is 0.459. The van der Waals surface area contributed by atoms with Gasteiger partial charge in [0.15, 0.2) is 12.2 Å². The van der Waals surface area contributed by atoms with Crippen LogP contribution < -0.4 is 0 Å². The third-order valence-electron chi connectivity index (χ3n) is 3.84. The first-order chi connectivity index (χ1) is 14.2. The van der Waals surface area contributed by atoms with E-state index in [2.05, 4.69) is 0 Å². The van der Waals surface area contributed by atoms with Crippen molar-refractivity contribution >= 4 is 23.3 Å². The highest BCUT2D eigenvalue weighted by molar-refractivity contribution is 5.85. The van der Waals surface area contributed by atoms with Gasteiger partial charge in [-0.15, -0.1) is 0 Å². The number of ether oxygens (including phenoxy) is 2. The van der Waals surface area contributed by atoms with Crippen LogP contribution in [0.25, 0.3) is 0 Å². The highest BCUT2D eigenvalue weighted by Gasteiger charge is 2.33. The minimum absolute atomic E-state index is 0.156. The summed E-state index contributed by atoms with van der Waals surface area (Å²) in [6.07, 6.45) is -4.43. The predicted molar refractivity (Wildman–Crippen MR) is 97.8 cm³/mol. The van der Waals surface area contributed by atoms with Gasteiger partial charge in [0.2, 0.25) is 0 Å². The van der Waals surface area contributed by atoms with Gasteiger partial charge < -0.3 is 19.7 Å². The Morgan fingerprint density at radius 3 is 1.30 bits per heavy atom. The maximum atomic E-state index is 11.8. The first kappa shape index (κ1) is 22.4. The SMILES string of the molecule is O=C(OCc1ccc([N+](=O)[O-])cc1)[C@H](O)[C@@H](O)C(=O)OCc1ccc([N+](=O)[O-])cc1. The molecule has 2 aromatic rings. The molecule has 12 heteroatoms. The van der Waals surface area contributed by atoms with Gasteiger partial charge in [-0.3, -0.25) is 20.2 Å². The summed E-state index contributed by atoms with van der Waals surface area (Å²) in [6, 6.07) is 10.2. The number of hydrogen-bond acceptors (Lipinski definition) is 10. The second-order valence-corrected chi connectivity index (χ2v) is 5.95. The van der Waals surface area contributed by atoms with Crippen molar-refractivity contribution in [1.82, 2.24) is 0 Å². The number of nitro groups is 2. The molecule has 0 aliphatic heterocycles. The fourth-order valence-corrected chi connectivity index (χ4v) is 2.17. The number of carbonyl (C=O) groups excluding carboxylic acids is 2. The van der Waals surface area contributed by atoms with Crippen LogP contribution >= 0.6 is 0 Å². The van der Waals surface area contributed by atoms with E-state index in [1.165, 1.54) is 48.5 Å². The van der Waals surface area contributed by atoms with Crippen molar-refractivity contribution in [2.75, 3.05) is 0 Å². The van der Waals surface area contributed by atoms with Gasteiger partial charge in [0.25, 0.3) is 11.4 Å². The molecule has 0 radical (unpaired) electrons. The van der Waals surface area contributed by atoms with Crippen LogP contribution in [0.1, 0.15) is 11.1 Å². The van der Waals surface area contributed by atoms with Crippen molar-refractivity contribution in [2.24, 2.45) is 0 Å². The summed E-state index contributed by atoms with van der Waals surface area (Å²) >= 11 is 0. The van der Waals surface area contributed by atoms with Gasteiger partial charge in [0, 0.05) is 24.3 Å². The molecule has 30 heavy (non-hydrogen) atoms. The van der Waals surface area contributed by atoms with Gasteiger partial charge in [0.05, 0.1) is 9.85 Å². The molecule has 158 valence electrons. The lowest BCUT2D eigenvalue weighted by Crippen LogP contribution is -2.41. The minimum atomic E-state index is -2.22. The lowest BCUT2D eigenvalue weighted by molar-refractivity contribution is -0.385. The molecule has 0 saturated heterocycles. The Kier molecular flexibility index (Phi) is 7.50. The van der Waals surface area contributed by atoms with Crippen molar-refractivity contribution in [3.05, 3.63) is 79.9 Å². The fourth-order valence-electron chi connectivity index (χ4n) is 2.17. The summed E-state index contributed by atoms with van der Waals surface area (Å²) in [7, 11) is 0. The number of rotatable bonds is 9. The Bertz CT molecular complexity index is 849. The van der Waals surface area contributed by atoms with Crippen LogP contribution in [0.4, 0.5) is 11.4 Å². The molecule has 0 spiro atoms. The molecular formula is C18H16N2O10. The van der Waals surface area contributed by atoms with E-state index in [0.29, 0.717) is 11.1 Å². The minimum Gasteiger partial charge on any atom is -0.459 e. The normalized spacial score (nSPS) is 12.5. The van der Waals surface area contributed by atoms with Crippen LogP contribution in [-0.4, -0.2) is 44.2 Å². The van der Waals surface area contributed by atoms with E-state index in [4.69, 9.17) is 9.47 Å². The average molecular weight is 420 g/mol. The largest absolute Gasteiger partial charge is 0.459 e. The van der Waals surface area contributed by atoms with E-state index in [1.807, 2.05) is 0 Å². The molecule has 0 fully saturated rings. The van der Waals surface area contributed by atoms with Gasteiger partial charge in [0.1, 0.15) is 13.2 Å². The average Bonchev–Trinajstić information content (AvgIpc) is 2.75. The Morgan fingerprint density at radius 1 is 0.733 bits per heavy atom. The number of esters is 2. The van der Waals surface area contributed by atoms with Crippen molar-refractivity contribution in [1.29, 1.82) is 0 Å². The van der Waals surface area contributed by atoms with E-state index in [1.54, 1.807) is 0 Å².